The SMILES string of the molecule is O=S([O-])Oc1ccc(-c2ccccc2)cc1. The molecule has 0 aromatic heterocycles. The van der Waals surface area contributed by atoms with E-state index in [1.54, 1.807) is 12.1 Å². The lowest BCUT2D eigenvalue weighted by atomic mass is 10.1. The lowest BCUT2D eigenvalue weighted by Gasteiger charge is -2.07. The highest BCUT2D eigenvalue weighted by molar-refractivity contribution is 7.74. The molecule has 16 heavy (non-hydrogen) atoms. The highest BCUT2D eigenvalue weighted by Crippen LogP contribution is 2.22. The molecule has 0 aliphatic carbocycles. The van der Waals surface area contributed by atoms with Gasteiger partial charge in [0.2, 0.25) is 0 Å². The van der Waals surface area contributed by atoms with Gasteiger partial charge in [-0.2, -0.15) is 0 Å². The predicted octanol–water partition coefficient (Wildman–Crippen LogP) is 2.53. The molecule has 4 heteroatoms. The average molecular weight is 233 g/mol. The molecular formula is C12H9O3S-. The summed E-state index contributed by atoms with van der Waals surface area (Å²) in [7, 11) is 0. The molecular weight excluding hydrogens is 224 g/mol. The standard InChI is InChI=1S/C12H10O3S/c13-16(14)15-12-8-6-11(7-9-12)10-4-2-1-3-5-10/h1-9H,(H,13,14)/p-1. The van der Waals surface area contributed by atoms with Gasteiger partial charge in [-0.15, -0.1) is 0 Å². The maximum atomic E-state index is 10.3. The van der Waals surface area contributed by atoms with Gasteiger partial charge in [-0.3, -0.25) is 0 Å². The van der Waals surface area contributed by atoms with Gasteiger partial charge in [-0.25, -0.2) is 4.21 Å². The molecule has 0 spiro atoms. The van der Waals surface area contributed by atoms with E-state index >= 15 is 0 Å². The second-order valence-corrected chi connectivity index (χ2v) is 3.75. The van der Waals surface area contributed by atoms with E-state index in [1.165, 1.54) is 0 Å². The van der Waals surface area contributed by atoms with Gasteiger partial charge in [-0.1, -0.05) is 42.5 Å². The topological polar surface area (TPSA) is 49.4 Å². The summed E-state index contributed by atoms with van der Waals surface area (Å²) in [5, 5.41) is 0. The first kappa shape index (κ1) is 10.9. The van der Waals surface area contributed by atoms with E-state index in [2.05, 4.69) is 4.18 Å². The molecule has 2 aromatic rings. The van der Waals surface area contributed by atoms with Crippen LogP contribution in [0.3, 0.4) is 0 Å². The Morgan fingerprint density at radius 2 is 1.44 bits per heavy atom. The summed E-state index contributed by atoms with van der Waals surface area (Å²) in [4.78, 5) is 0. The maximum Gasteiger partial charge on any atom is 0.139 e. The Kier molecular flexibility index (Phi) is 3.34. The number of benzene rings is 2. The highest BCUT2D eigenvalue weighted by atomic mass is 32.2. The van der Waals surface area contributed by atoms with Crippen LogP contribution in [0.2, 0.25) is 0 Å². The van der Waals surface area contributed by atoms with E-state index in [9.17, 15) is 8.76 Å². The third-order valence-corrected chi connectivity index (χ3v) is 2.45. The molecule has 0 heterocycles. The molecule has 1 unspecified atom stereocenters. The summed E-state index contributed by atoms with van der Waals surface area (Å²) < 4.78 is 25.1. The summed E-state index contributed by atoms with van der Waals surface area (Å²) >= 11 is -2.52. The van der Waals surface area contributed by atoms with Gasteiger partial charge in [0.1, 0.15) is 17.1 Å². The Labute approximate surface area is 96.2 Å². The third-order valence-electron chi connectivity index (χ3n) is 2.13. The zero-order valence-corrected chi connectivity index (χ0v) is 9.15. The Balaban J connectivity index is 2.23. The molecule has 0 saturated heterocycles. The molecule has 0 fully saturated rings. The van der Waals surface area contributed by atoms with Crippen LogP contribution in [0.15, 0.2) is 54.6 Å². The molecule has 0 aliphatic rings. The van der Waals surface area contributed by atoms with Crippen molar-refractivity contribution in [1.82, 2.24) is 0 Å². The third kappa shape index (κ3) is 2.68. The van der Waals surface area contributed by atoms with Crippen molar-refractivity contribution in [3.05, 3.63) is 54.6 Å². The van der Waals surface area contributed by atoms with Gasteiger partial charge in [-0.05, 0) is 23.3 Å². The summed E-state index contributed by atoms with van der Waals surface area (Å²) in [5.74, 6) is 0.313. The summed E-state index contributed by atoms with van der Waals surface area (Å²) in [6.45, 7) is 0. The quantitative estimate of drug-likeness (QED) is 0.765. The lowest BCUT2D eigenvalue weighted by Crippen LogP contribution is -1.97. The van der Waals surface area contributed by atoms with Crippen molar-refractivity contribution >= 4 is 11.4 Å². The molecule has 0 N–H and O–H groups in total. The van der Waals surface area contributed by atoms with Crippen LogP contribution in [0.25, 0.3) is 11.1 Å². The van der Waals surface area contributed by atoms with E-state index in [0.29, 0.717) is 5.75 Å². The number of hydrogen-bond acceptors (Lipinski definition) is 3. The molecule has 2 rings (SSSR count). The molecule has 0 radical (unpaired) electrons. The fourth-order valence-corrected chi connectivity index (χ4v) is 1.68. The van der Waals surface area contributed by atoms with Gasteiger partial charge in [0.25, 0.3) is 0 Å². The van der Waals surface area contributed by atoms with E-state index < -0.39 is 11.4 Å². The Hall–Kier alpha value is -1.65. The fourth-order valence-electron chi connectivity index (χ4n) is 1.41. The summed E-state index contributed by atoms with van der Waals surface area (Å²) in [6.07, 6.45) is 0. The van der Waals surface area contributed by atoms with Gasteiger partial charge in [0.15, 0.2) is 0 Å². The molecule has 3 nitrogen and oxygen atoms in total. The van der Waals surface area contributed by atoms with Crippen LogP contribution in [0.4, 0.5) is 0 Å². The second kappa shape index (κ2) is 4.92. The molecule has 0 bridgehead atoms. The second-order valence-electron chi connectivity index (χ2n) is 3.18. The largest absolute Gasteiger partial charge is 0.740 e. The van der Waals surface area contributed by atoms with Crippen LogP contribution in [0.1, 0.15) is 0 Å². The van der Waals surface area contributed by atoms with Gasteiger partial charge >= 0.3 is 0 Å². The van der Waals surface area contributed by atoms with E-state index in [1.807, 2.05) is 42.5 Å². The molecule has 0 saturated carbocycles. The van der Waals surface area contributed by atoms with Crippen molar-refractivity contribution in [2.45, 2.75) is 0 Å². The van der Waals surface area contributed by atoms with Crippen LogP contribution >= 0.6 is 0 Å². The van der Waals surface area contributed by atoms with Crippen LogP contribution in [-0.4, -0.2) is 8.76 Å². The average Bonchev–Trinajstić information content (AvgIpc) is 2.30. The smallest absolute Gasteiger partial charge is 0.139 e. The fraction of sp³-hybridized carbons (Fsp3) is 0. The van der Waals surface area contributed by atoms with Crippen LogP contribution < -0.4 is 4.18 Å². The first-order valence-electron chi connectivity index (χ1n) is 4.69. The Bertz CT molecular complexity index is 479. The molecule has 2 aromatic carbocycles. The zero-order chi connectivity index (χ0) is 11.4. The number of rotatable bonds is 3. The number of hydrogen-bond donors (Lipinski definition) is 0. The summed E-state index contributed by atoms with van der Waals surface area (Å²) in [6, 6.07) is 16.7. The Morgan fingerprint density at radius 1 is 0.875 bits per heavy atom. The van der Waals surface area contributed by atoms with Crippen molar-refractivity contribution in [2.75, 3.05) is 0 Å². The minimum Gasteiger partial charge on any atom is -0.740 e. The van der Waals surface area contributed by atoms with Crippen molar-refractivity contribution in [3.8, 4) is 16.9 Å². The van der Waals surface area contributed by atoms with Gasteiger partial charge in [0, 0.05) is 0 Å². The minimum absolute atomic E-state index is 0.313. The van der Waals surface area contributed by atoms with Gasteiger partial charge < -0.3 is 8.74 Å². The molecule has 1 atom stereocenters. The van der Waals surface area contributed by atoms with Crippen LogP contribution in [0, 0.1) is 0 Å². The van der Waals surface area contributed by atoms with Crippen molar-refractivity contribution in [2.24, 2.45) is 0 Å². The molecule has 0 aliphatic heterocycles. The van der Waals surface area contributed by atoms with E-state index in [-0.39, 0.29) is 0 Å². The van der Waals surface area contributed by atoms with Crippen molar-refractivity contribution in [3.63, 3.8) is 0 Å². The molecule has 82 valence electrons. The van der Waals surface area contributed by atoms with E-state index in [4.69, 9.17) is 0 Å². The van der Waals surface area contributed by atoms with Crippen molar-refractivity contribution in [1.29, 1.82) is 0 Å². The molecule has 0 amide bonds. The first-order valence-corrected chi connectivity index (χ1v) is 5.69. The monoisotopic (exact) mass is 233 g/mol. The Morgan fingerprint density at radius 3 is 2.00 bits per heavy atom. The van der Waals surface area contributed by atoms with Crippen LogP contribution in [-0.2, 0) is 11.4 Å². The van der Waals surface area contributed by atoms with Crippen LogP contribution in [0.5, 0.6) is 5.75 Å². The van der Waals surface area contributed by atoms with Crippen molar-refractivity contribution < 1.29 is 12.9 Å². The summed E-state index contributed by atoms with van der Waals surface area (Å²) in [5.41, 5.74) is 2.10. The minimum atomic E-state index is -2.52. The first-order chi connectivity index (χ1) is 7.75. The van der Waals surface area contributed by atoms with E-state index in [0.717, 1.165) is 11.1 Å². The normalized spacial score (nSPS) is 12.1. The predicted molar refractivity (Wildman–Crippen MR) is 61.4 cm³/mol. The maximum absolute atomic E-state index is 10.3. The van der Waals surface area contributed by atoms with Gasteiger partial charge in [0.05, 0.1) is 0 Å². The lowest BCUT2D eigenvalue weighted by molar-refractivity contribution is 0.440. The highest BCUT2D eigenvalue weighted by Gasteiger charge is 1.97. The zero-order valence-electron chi connectivity index (χ0n) is 8.33.